The summed E-state index contributed by atoms with van der Waals surface area (Å²) < 4.78 is 70.9. The highest BCUT2D eigenvalue weighted by atomic mass is 35.5. The molecule has 0 bridgehead atoms. The highest BCUT2D eigenvalue weighted by molar-refractivity contribution is 6.30. The molecule has 0 radical (unpaired) electrons. The average molecular weight is 688 g/mol. The summed E-state index contributed by atoms with van der Waals surface area (Å²) in [4.78, 5) is 22.5. The number of halogens is 5. The predicted octanol–water partition coefficient (Wildman–Crippen LogP) is 6.21. The molecule has 2 aliphatic heterocycles. The Morgan fingerprint density at radius 3 is 2.52 bits per heavy atom. The van der Waals surface area contributed by atoms with Crippen molar-refractivity contribution in [3.8, 4) is 22.7 Å². The summed E-state index contributed by atoms with van der Waals surface area (Å²) >= 11 is 5.85. The van der Waals surface area contributed by atoms with E-state index in [-0.39, 0.29) is 45.5 Å². The van der Waals surface area contributed by atoms with Gasteiger partial charge in [0.1, 0.15) is 17.7 Å². The number of anilines is 2. The number of esters is 1. The Morgan fingerprint density at radius 2 is 1.85 bits per heavy atom. The number of alkyl halides is 3. The van der Waals surface area contributed by atoms with Gasteiger partial charge in [0.25, 0.3) is 0 Å². The summed E-state index contributed by atoms with van der Waals surface area (Å²) in [7, 11) is 0. The second kappa shape index (κ2) is 13.2. The van der Waals surface area contributed by atoms with Crippen molar-refractivity contribution < 1.29 is 31.8 Å². The fourth-order valence-electron chi connectivity index (χ4n) is 6.37. The molecule has 0 aliphatic carbocycles. The summed E-state index contributed by atoms with van der Waals surface area (Å²) in [6, 6.07) is 11.0. The topological polar surface area (TPSA) is 120 Å². The zero-order valence-corrected chi connectivity index (χ0v) is 27.0. The van der Waals surface area contributed by atoms with Gasteiger partial charge in [-0.25, -0.2) is 9.07 Å². The van der Waals surface area contributed by atoms with E-state index in [1.54, 1.807) is 26.0 Å². The van der Waals surface area contributed by atoms with Crippen LogP contribution in [0.15, 0.2) is 54.7 Å². The van der Waals surface area contributed by atoms with E-state index in [2.05, 4.69) is 20.4 Å². The molecule has 0 amide bonds. The van der Waals surface area contributed by atoms with Crippen molar-refractivity contribution in [2.24, 2.45) is 5.41 Å². The van der Waals surface area contributed by atoms with Gasteiger partial charge >= 0.3 is 12.1 Å². The molecule has 10 nitrogen and oxygen atoms in total. The Bertz CT molecular complexity index is 1810. The Labute approximate surface area is 279 Å². The largest absolute Gasteiger partial charge is 0.465 e. The molecule has 2 saturated heterocycles. The van der Waals surface area contributed by atoms with Gasteiger partial charge in [-0.15, -0.1) is 0 Å². The number of nitrogens with two attached hydrogens (primary N) is 1. The Kier molecular flexibility index (Phi) is 9.22. The minimum atomic E-state index is -4.88. The van der Waals surface area contributed by atoms with Crippen LogP contribution in [-0.2, 0) is 9.53 Å². The quantitative estimate of drug-likeness (QED) is 0.165. The molecule has 2 aromatic carbocycles. The van der Waals surface area contributed by atoms with Gasteiger partial charge in [-0.1, -0.05) is 29.8 Å². The van der Waals surface area contributed by atoms with Crippen molar-refractivity contribution in [1.29, 1.82) is 0 Å². The number of aryl methyl sites for hydroxylation is 1. The minimum absolute atomic E-state index is 0.0745. The van der Waals surface area contributed by atoms with Crippen LogP contribution in [0, 0.1) is 18.2 Å². The van der Waals surface area contributed by atoms with E-state index in [1.807, 2.05) is 4.90 Å². The maximum atomic E-state index is 14.8. The van der Waals surface area contributed by atoms with Crippen LogP contribution < -0.4 is 20.7 Å². The summed E-state index contributed by atoms with van der Waals surface area (Å²) in [5.74, 6) is -1.17. The molecule has 15 heteroatoms. The van der Waals surface area contributed by atoms with Crippen LogP contribution in [0.1, 0.15) is 43.5 Å². The van der Waals surface area contributed by atoms with Crippen LogP contribution in [0.5, 0.6) is 5.88 Å². The lowest BCUT2D eigenvalue weighted by Gasteiger charge is -2.39. The normalized spacial score (nSPS) is 18.2. The molecule has 2 fully saturated rings. The van der Waals surface area contributed by atoms with Crippen LogP contribution in [-0.4, -0.2) is 64.2 Å². The van der Waals surface area contributed by atoms with E-state index in [1.165, 1.54) is 47.3 Å². The van der Waals surface area contributed by atoms with Gasteiger partial charge in [0.15, 0.2) is 0 Å². The molecule has 0 unspecified atom stereocenters. The molecule has 4 aromatic rings. The maximum absolute atomic E-state index is 14.8. The van der Waals surface area contributed by atoms with E-state index in [0.717, 1.165) is 12.8 Å². The third-order valence-electron chi connectivity index (χ3n) is 8.86. The van der Waals surface area contributed by atoms with Crippen LogP contribution in [0.3, 0.4) is 0 Å². The number of aromatic nitrogens is 4. The number of ether oxygens (including phenoxy) is 2. The zero-order chi connectivity index (χ0) is 34.2. The number of hydrogen-bond acceptors (Lipinski definition) is 9. The van der Waals surface area contributed by atoms with Crippen molar-refractivity contribution in [2.45, 2.75) is 51.4 Å². The van der Waals surface area contributed by atoms with E-state index in [4.69, 9.17) is 26.8 Å². The summed E-state index contributed by atoms with van der Waals surface area (Å²) in [6.07, 6.45) is -3.70. The predicted molar refractivity (Wildman–Crippen MR) is 171 cm³/mol. The highest BCUT2D eigenvalue weighted by Gasteiger charge is 2.46. The second-order valence-corrected chi connectivity index (χ2v) is 12.6. The monoisotopic (exact) mass is 687 g/mol. The summed E-state index contributed by atoms with van der Waals surface area (Å²) in [5.41, 5.74) is 7.17. The molecule has 4 heterocycles. The number of benzene rings is 2. The van der Waals surface area contributed by atoms with Crippen LogP contribution >= 0.6 is 11.6 Å². The van der Waals surface area contributed by atoms with Crippen molar-refractivity contribution >= 4 is 29.3 Å². The lowest BCUT2D eigenvalue weighted by atomic mass is 9.76. The van der Waals surface area contributed by atoms with Gasteiger partial charge in [0.05, 0.1) is 23.0 Å². The lowest BCUT2D eigenvalue weighted by molar-refractivity contribution is -0.198. The molecule has 2 aliphatic rings. The third kappa shape index (κ3) is 7.04. The summed E-state index contributed by atoms with van der Waals surface area (Å²) in [6.45, 7) is 5.55. The Hall–Kier alpha value is -4.43. The number of nitrogen functional groups attached to an aromatic ring is 1. The average Bonchev–Trinajstić information content (AvgIpc) is 3.67. The van der Waals surface area contributed by atoms with Crippen molar-refractivity contribution in [3.05, 3.63) is 76.8 Å². The van der Waals surface area contributed by atoms with Crippen molar-refractivity contribution in [2.75, 3.05) is 36.9 Å². The number of piperidine rings is 1. The molecular formula is C33H34ClF4N7O3. The number of rotatable bonds is 8. The molecule has 6 rings (SSSR count). The van der Waals surface area contributed by atoms with Crippen LogP contribution in [0.2, 0.25) is 5.02 Å². The molecular weight excluding hydrogens is 654 g/mol. The van der Waals surface area contributed by atoms with E-state index in [0.29, 0.717) is 55.3 Å². The molecule has 0 saturated carbocycles. The zero-order valence-electron chi connectivity index (χ0n) is 26.2. The third-order valence-corrected chi connectivity index (χ3v) is 9.16. The van der Waals surface area contributed by atoms with Gasteiger partial charge in [0.2, 0.25) is 17.9 Å². The van der Waals surface area contributed by atoms with Gasteiger partial charge < -0.3 is 25.4 Å². The number of carbonyl (C=O) groups is 1. The second-order valence-electron chi connectivity index (χ2n) is 12.1. The Balaban J connectivity index is 1.28. The first-order valence-electron chi connectivity index (χ1n) is 15.5. The number of nitrogens with zero attached hydrogens (tertiary/aromatic N) is 5. The van der Waals surface area contributed by atoms with E-state index in [9.17, 15) is 22.4 Å². The highest BCUT2D eigenvalue weighted by Crippen LogP contribution is 2.43. The minimum Gasteiger partial charge on any atom is -0.465 e. The summed E-state index contributed by atoms with van der Waals surface area (Å²) in [5, 5.41) is 7.53. The maximum Gasteiger partial charge on any atom is 0.429 e. The lowest BCUT2D eigenvalue weighted by Crippen LogP contribution is -2.41. The van der Waals surface area contributed by atoms with Crippen LogP contribution in [0.25, 0.3) is 16.8 Å². The van der Waals surface area contributed by atoms with Gasteiger partial charge in [-0.05, 0) is 73.9 Å². The smallest absolute Gasteiger partial charge is 0.429 e. The molecule has 2 atom stereocenters. The molecule has 2 aromatic heterocycles. The standard InChI is InChI=1S/C33H34ClF4N7O3/c1-3-47-30(46)25-17-32(18-40-25)9-12-44(13-10-32)27-16-28(42-31(39)41-27)48-29(33(36,37)38)22-6-4-21(20-5-7-23(34)24(35)14-20)15-26(22)45-11-8-19(2)43-45/h4-8,11,14-16,25,29,40H,3,9-10,12-13,17-18H2,1-2H3,(H2,39,41,42)/t25-,29+/m0/s1. The van der Waals surface area contributed by atoms with Crippen LogP contribution in [0.4, 0.5) is 29.3 Å². The molecule has 1 spiro atoms. The molecule has 48 heavy (non-hydrogen) atoms. The first-order chi connectivity index (χ1) is 22.8. The number of nitrogens with one attached hydrogen (secondary N) is 1. The van der Waals surface area contributed by atoms with Gasteiger partial charge in [-0.2, -0.15) is 28.2 Å². The van der Waals surface area contributed by atoms with E-state index >= 15 is 0 Å². The van der Waals surface area contributed by atoms with E-state index < -0.39 is 18.1 Å². The molecule has 254 valence electrons. The van der Waals surface area contributed by atoms with Gasteiger partial charge in [0, 0.05) is 37.5 Å². The number of carbonyl (C=O) groups excluding carboxylic acids is 1. The fraction of sp³-hybridized carbons (Fsp3) is 0.394. The Morgan fingerprint density at radius 1 is 1.12 bits per heavy atom. The van der Waals surface area contributed by atoms with Gasteiger partial charge in [-0.3, -0.25) is 4.79 Å². The molecule has 3 N–H and O–H groups in total. The fourth-order valence-corrected chi connectivity index (χ4v) is 6.48. The SMILES string of the molecule is CCOC(=O)[C@@H]1CC2(CCN(c3cc(O[C@H](c4ccc(-c5ccc(Cl)c(F)c5)cc4-n4ccc(C)n4)C(F)(F)F)nc(N)n3)CC2)CN1. The van der Waals surface area contributed by atoms with Crippen molar-refractivity contribution in [3.63, 3.8) is 0 Å². The first kappa shape index (κ1) is 33.5. The number of hydrogen-bond donors (Lipinski definition) is 2. The first-order valence-corrected chi connectivity index (χ1v) is 15.9. The van der Waals surface area contributed by atoms with Crippen molar-refractivity contribution in [1.82, 2.24) is 25.1 Å².